The van der Waals surface area contributed by atoms with Crippen LogP contribution in [0.5, 0.6) is 0 Å². The van der Waals surface area contributed by atoms with Crippen LogP contribution in [0.2, 0.25) is 0 Å². The van der Waals surface area contributed by atoms with Crippen molar-refractivity contribution >= 4 is 0 Å². The monoisotopic (exact) mass is 299 g/mol. The van der Waals surface area contributed by atoms with E-state index in [0.717, 1.165) is 26.1 Å². The van der Waals surface area contributed by atoms with E-state index in [4.69, 9.17) is 0 Å². The van der Waals surface area contributed by atoms with Gasteiger partial charge in [0.2, 0.25) is 0 Å². The standard InChI is InChI=1S/C22H21N/c1-3-7-18(8-4-1)16-23-14-13-21-15-20(11-12-22(21)17-23)19-9-5-2-6-10-19/h1-12,15H,13-14,16-17H2. The molecule has 4 rings (SSSR count). The summed E-state index contributed by atoms with van der Waals surface area (Å²) in [6.45, 7) is 3.24. The van der Waals surface area contributed by atoms with Crippen LogP contribution in [0.4, 0.5) is 0 Å². The fraction of sp³-hybridized carbons (Fsp3) is 0.182. The molecule has 23 heavy (non-hydrogen) atoms. The molecule has 0 radical (unpaired) electrons. The van der Waals surface area contributed by atoms with Crippen LogP contribution < -0.4 is 0 Å². The molecule has 0 amide bonds. The van der Waals surface area contributed by atoms with Crippen molar-refractivity contribution in [3.63, 3.8) is 0 Å². The molecule has 114 valence electrons. The molecular weight excluding hydrogens is 278 g/mol. The Morgan fingerprint density at radius 3 is 2.22 bits per heavy atom. The molecule has 1 aliphatic heterocycles. The molecule has 1 heterocycles. The maximum Gasteiger partial charge on any atom is 0.0240 e. The van der Waals surface area contributed by atoms with E-state index in [0.29, 0.717) is 0 Å². The normalized spacial score (nSPS) is 14.4. The summed E-state index contributed by atoms with van der Waals surface area (Å²) >= 11 is 0. The Hall–Kier alpha value is -2.38. The first-order valence-electron chi connectivity index (χ1n) is 8.32. The van der Waals surface area contributed by atoms with Crippen molar-refractivity contribution in [1.29, 1.82) is 0 Å². The highest BCUT2D eigenvalue weighted by Gasteiger charge is 2.16. The van der Waals surface area contributed by atoms with Gasteiger partial charge < -0.3 is 0 Å². The fourth-order valence-corrected chi connectivity index (χ4v) is 3.40. The van der Waals surface area contributed by atoms with Gasteiger partial charge in [0.15, 0.2) is 0 Å². The Balaban J connectivity index is 1.52. The highest BCUT2D eigenvalue weighted by molar-refractivity contribution is 5.65. The number of hydrogen-bond acceptors (Lipinski definition) is 1. The fourth-order valence-electron chi connectivity index (χ4n) is 3.40. The summed E-state index contributed by atoms with van der Waals surface area (Å²) in [7, 11) is 0. The van der Waals surface area contributed by atoms with E-state index in [1.165, 1.54) is 27.8 Å². The van der Waals surface area contributed by atoms with Crippen molar-refractivity contribution in [3.05, 3.63) is 95.6 Å². The first-order chi connectivity index (χ1) is 11.4. The van der Waals surface area contributed by atoms with Gasteiger partial charge in [0.25, 0.3) is 0 Å². The van der Waals surface area contributed by atoms with Gasteiger partial charge in [-0.15, -0.1) is 0 Å². The Morgan fingerprint density at radius 2 is 1.43 bits per heavy atom. The summed E-state index contributed by atoms with van der Waals surface area (Å²) in [6.07, 6.45) is 1.14. The minimum atomic E-state index is 1.04. The zero-order chi connectivity index (χ0) is 15.5. The molecule has 1 heteroatoms. The molecule has 0 fully saturated rings. The van der Waals surface area contributed by atoms with Crippen molar-refractivity contribution in [2.45, 2.75) is 19.5 Å². The third-order valence-corrected chi connectivity index (χ3v) is 4.65. The largest absolute Gasteiger partial charge is 0.294 e. The number of nitrogens with zero attached hydrogens (tertiary/aromatic N) is 1. The van der Waals surface area contributed by atoms with Crippen LogP contribution in [-0.4, -0.2) is 11.4 Å². The summed E-state index contributed by atoms with van der Waals surface area (Å²) in [5.41, 5.74) is 7.03. The quantitative estimate of drug-likeness (QED) is 0.664. The minimum absolute atomic E-state index is 1.04. The van der Waals surface area contributed by atoms with Crippen LogP contribution in [0.15, 0.2) is 78.9 Å². The summed E-state index contributed by atoms with van der Waals surface area (Å²) in [5, 5.41) is 0. The molecule has 0 unspecified atom stereocenters. The first kappa shape index (κ1) is 14.2. The number of fused-ring (bicyclic) bond motifs is 1. The van der Waals surface area contributed by atoms with Gasteiger partial charge in [-0.05, 0) is 34.2 Å². The zero-order valence-corrected chi connectivity index (χ0v) is 13.3. The lowest BCUT2D eigenvalue weighted by Crippen LogP contribution is -2.30. The average molecular weight is 299 g/mol. The number of hydrogen-bond donors (Lipinski definition) is 0. The molecule has 0 spiro atoms. The van der Waals surface area contributed by atoms with E-state index in [9.17, 15) is 0 Å². The molecule has 0 atom stereocenters. The van der Waals surface area contributed by atoms with Gasteiger partial charge in [-0.2, -0.15) is 0 Å². The first-order valence-corrected chi connectivity index (χ1v) is 8.32. The highest BCUT2D eigenvalue weighted by atomic mass is 15.1. The van der Waals surface area contributed by atoms with Crippen molar-refractivity contribution in [3.8, 4) is 11.1 Å². The van der Waals surface area contributed by atoms with Crippen LogP contribution in [0, 0.1) is 0 Å². The molecule has 0 aromatic heterocycles. The lowest BCUT2D eigenvalue weighted by atomic mass is 9.94. The van der Waals surface area contributed by atoms with Crippen LogP contribution in [0.3, 0.4) is 0 Å². The molecule has 1 aliphatic rings. The zero-order valence-electron chi connectivity index (χ0n) is 13.3. The second-order valence-corrected chi connectivity index (χ2v) is 6.30. The number of rotatable bonds is 3. The third kappa shape index (κ3) is 3.20. The summed E-state index contributed by atoms with van der Waals surface area (Å²) < 4.78 is 0. The van der Waals surface area contributed by atoms with E-state index in [1.54, 1.807) is 0 Å². The van der Waals surface area contributed by atoms with E-state index in [1.807, 2.05) is 0 Å². The van der Waals surface area contributed by atoms with Gasteiger partial charge in [-0.1, -0.05) is 78.9 Å². The molecule has 0 N–H and O–H groups in total. The van der Waals surface area contributed by atoms with E-state index in [-0.39, 0.29) is 0 Å². The Labute approximate surface area is 138 Å². The van der Waals surface area contributed by atoms with E-state index in [2.05, 4.69) is 83.8 Å². The molecule has 3 aromatic carbocycles. The second-order valence-electron chi connectivity index (χ2n) is 6.30. The van der Waals surface area contributed by atoms with Crippen LogP contribution in [0.25, 0.3) is 11.1 Å². The van der Waals surface area contributed by atoms with E-state index < -0.39 is 0 Å². The predicted molar refractivity (Wildman–Crippen MR) is 96.1 cm³/mol. The SMILES string of the molecule is c1ccc(CN2CCc3cc(-c4ccccc4)ccc3C2)cc1. The molecule has 3 aromatic rings. The van der Waals surface area contributed by atoms with Crippen molar-refractivity contribution in [1.82, 2.24) is 4.90 Å². The molecular formula is C22H21N. The minimum Gasteiger partial charge on any atom is -0.294 e. The predicted octanol–water partition coefficient (Wildman–Crippen LogP) is 4.91. The lowest BCUT2D eigenvalue weighted by molar-refractivity contribution is 0.245. The Morgan fingerprint density at radius 1 is 0.696 bits per heavy atom. The van der Waals surface area contributed by atoms with Crippen molar-refractivity contribution in [2.24, 2.45) is 0 Å². The van der Waals surface area contributed by atoms with Gasteiger partial charge >= 0.3 is 0 Å². The van der Waals surface area contributed by atoms with Crippen molar-refractivity contribution in [2.75, 3.05) is 6.54 Å². The van der Waals surface area contributed by atoms with Crippen LogP contribution >= 0.6 is 0 Å². The maximum atomic E-state index is 2.54. The highest BCUT2D eigenvalue weighted by Crippen LogP contribution is 2.26. The topological polar surface area (TPSA) is 3.24 Å². The summed E-state index contributed by atoms with van der Waals surface area (Å²) in [6, 6.07) is 28.4. The van der Waals surface area contributed by atoms with Gasteiger partial charge in [0, 0.05) is 19.6 Å². The molecule has 1 nitrogen and oxygen atoms in total. The molecule has 0 aliphatic carbocycles. The van der Waals surface area contributed by atoms with E-state index >= 15 is 0 Å². The van der Waals surface area contributed by atoms with Crippen molar-refractivity contribution < 1.29 is 0 Å². The second kappa shape index (κ2) is 6.39. The smallest absolute Gasteiger partial charge is 0.0240 e. The molecule has 0 saturated carbocycles. The van der Waals surface area contributed by atoms with Gasteiger partial charge in [0.05, 0.1) is 0 Å². The third-order valence-electron chi connectivity index (χ3n) is 4.65. The molecule has 0 saturated heterocycles. The Bertz CT molecular complexity index is 778. The van der Waals surface area contributed by atoms with Crippen LogP contribution in [-0.2, 0) is 19.5 Å². The number of benzene rings is 3. The van der Waals surface area contributed by atoms with Gasteiger partial charge in [-0.25, -0.2) is 0 Å². The summed E-state index contributed by atoms with van der Waals surface area (Å²) in [5.74, 6) is 0. The Kier molecular flexibility index (Phi) is 3.95. The van der Waals surface area contributed by atoms with Gasteiger partial charge in [0.1, 0.15) is 0 Å². The maximum absolute atomic E-state index is 2.54. The molecule has 0 bridgehead atoms. The van der Waals surface area contributed by atoms with Gasteiger partial charge in [-0.3, -0.25) is 4.90 Å². The van der Waals surface area contributed by atoms with Crippen LogP contribution in [0.1, 0.15) is 16.7 Å². The summed E-state index contributed by atoms with van der Waals surface area (Å²) in [4.78, 5) is 2.54. The average Bonchev–Trinajstić information content (AvgIpc) is 2.63. The lowest BCUT2D eigenvalue weighted by Gasteiger charge is -2.29.